The van der Waals surface area contributed by atoms with Gasteiger partial charge in [0.1, 0.15) is 11.9 Å². The third kappa shape index (κ3) is 4.44. The van der Waals surface area contributed by atoms with Crippen LogP contribution < -0.4 is 10.1 Å². The molecule has 1 atom stereocenters. The van der Waals surface area contributed by atoms with Crippen LogP contribution in [0.15, 0.2) is 48.5 Å². The van der Waals surface area contributed by atoms with Crippen LogP contribution in [0, 0.1) is 0 Å². The van der Waals surface area contributed by atoms with Gasteiger partial charge in [0.25, 0.3) is 0 Å². The Bertz CT molecular complexity index is 525. The van der Waals surface area contributed by atoms with Crippen molar-refractivity contribution >= 4 is 17.3 Å². The van der Waals surface area contributed by atoms with E-state index in [9.17, 15) is 0 Å². The lowest BCUT2D eigenvalue weighted by atomic mass is 10.2. The molecule has 2 N–H and O–H groups in total. The van der Waals surface area contributed by atoms with Crippen molar-refractivity contribution in [2.24, 2.45) is 0 Å². The fraction of sp³-hybridized carbons (Fsp3) is 0.250. The van der Waals surface area contributed by atoms with Gasteiger partial charge in [-0.15, -0.1) is 0 Å². The van der Waals surface area contributed by atoms with Gasteiger partial charge >= 0.3 is 0 Å². The lowest BCUT2D eigenvalue weighted by Crippen LogP contribution is -2.16. The van der Waals surface area contributed by atoms with Gasteiger partial charge in [0, 0.05) is 17.3 Å². The number of hydrogen-bond acceptors (Lipinski definition) is 3. The van der Waals surface area contributed by atoms with Crippen molar-refractivity contribution in [1.82, 2.24) is 0 Å². The van der Waals surface area contributed by atoms with E-state index in [1.807, 2.05) is 55.5 Å². The second-order valence-electron chi connectivity index (χ2n) is 4.62. The maximum absolute atomic E-state index is 8.94. The molecule has 0 aromatic heterocycles. The first-order valence-electron chi connectivity index (χ1n) is 6.53. The summed E-state index contributed by atoms with van der Waals surface area (Å²) in [5.41, 5.74) is 2.19. The maximum Gasteiger partial charge on any atom is 0.119 e. The first kappa shape index (κ1) is 14.7. The van der Waals surface area contributed by atoms with Gasteiger partial charge in [-0.05, 0) is 48.9 Å². The fourth-order valence-electron chi connectivity index (χ4n) is 1.73. The van der Waals surface area contributed by atoms with E-state index in [2.05, 4.69) is 5.32 Å². The molecular formula is C16H18ClNO2. The van der Waals surface area contributed by atoms with Gasteiger partial charge in [-0.2, -0.15) is 0 Å². The standard InChI is InChI=1S/C16H18ClNO2/c1-12(11-19)20-16-8-2-13(3-9-16)10-18-15-6-4-14(17)5-7-15/h2-9,12,18-19H,10-11H2,1H3. The summed E-state index contributed by atoms with van der Waals surface area (Å²) in [6.45, 7) is 2.58. The second-order valence-corrected chi connectivity index (χ2v) is 5.05. The average Bonchev–Trinajstić information content (AvgIpc) is 2.48. The Morgan fingerprint density at radius 1 is 1.10 bits per heavy atom. The summed E-state index contributed by atoms with van der Waals surface area (Å²) in [5, 5.41) is 13.0. The molecule has 0 amide bonds. The van der Waals surface area contributed by atoms with E-state index in [1.165, 1.54) is 0 Å². The molecule has 0 saturated heterocycles. The van der Waals surface area contributed by atoms with Crippen molar-refractivity contribution in [2.45, 2.75) is 19.6 Å². The van der Waals surface area contributed by atoms with Crippen LogP contribution in [-0.4, -0.2) is 17.8 Å². The molecule has 0 aliphatic heterocycles. The van der Waals surface area contributed by atoms with E-state index in [1.54, 1.807) is 0 Å². The van der Waals surface area contributed by atoms with Crippen molar-refractivity contribution in [2.75, 3.05) is 11.9 Å². The summed E-state index contributed by atoms with van der Waals surface area (Å²) in [4.78, 5) is 0. The van der Waals surface area contributed by atoms with Crippen molar-refractivity contribution in [1.29, 1.82) is 0 Å². The molecule has 2 aromatic rings. The lowest BCUT2D eigenvalue weighted by Gasteiger charge is -2.12. The van der Waals surface area contributed by atoms with Crippen LogP contribution in [-0.2, 0) is 6.54 Å². The number of hydrogen-bond donors (Lipinski definition) is 2. The normalized spacial score (nSPS) is 11.9. The number of benzene rings is 2. The van der Waals surface area contributed by atoms with Gasteiger partial charge in [0.2, 0.25) is 0 Å². The van der Waals surface area contributed by atoms with Crippen molar-refractivity contribution in [3.8, 4) is 5.75 Å². The van der Waals surface area contributed by atoms with Gasteiger partial charge in [-0.1, -0.05) is 23.7 Å². The first-order chi connectivity index (χ1) is 9.67. The molecule has 1 unspecified atom stereocenters. The van der Waals surface area contributed by atoms with Gasteiger partial charge in [-0.25, -0.2) is 0 Å². The minimum absolute atomic E-state index is 0.0138. The zero-order valence-electron chi connectivity index (χ0n) is 11.3. The number of aliphatic hydroxyl groups is 1. The topological polar surface area (TPSA) is 41.5 Å². The predicted octanol–water partition coefficient (Wildman–Crippen LogP) is 3.71. The Kier molecular flexibility index (Phi) is 5.27. The van der Waals surface area contributed by atoms with E-state index in [-0.39, 0.29) is 12.7 Å². The number of halogens is 1. The summed E-state index contributed by atoms with van der Waals surface area (Å²) >= 11 is 5.84. The highest BCUT2D eigenvalue weighted by Crippen LogP contribution is 2.17. The molecule has 106 valence electrons. The zero-order valence-corrected chi connectivity index (χ0v) is 12.1. The Morgan fingerprint density at radius 3 is 2.35 bits per heavy atom. The van der Waals surface area contributed by atoms with Crippen molar-refractivity contribution in [3.05, 3.63) is 59.1 Å². The zero-order chi connectivity index (χ0) is 14.4. The Balaban J connectivity index is 1.89. The van der Waals surface area contributed by atoms with Gasteiger partial charge in [-0.3, -0.25) is 0 Å². The van der Waals surface area contributed by atoms with E-state index in [0.717, 1.165) is 28.6 Å². The molecule has 0 radical (unpaired) electrons. The minimum Gasteiger partial charge on any atom is -0.488 e. The smallest absolute Gasteiger partial charge is 0.119 e. The summed E-state index contributed by atoms with van der Waals surface area (Å²) in [5.74, 6) is 0.766. The van der Waals surface area contributed by atoms with Crippen molar-refractivity contribution < 1.29 is 9.84 Å². The summed E-state index contributed by atoms with van der Waals surface area (Å²) in [6.07, 6.45) is -0.187. The molecule has 0 spiro atoms. The summed E-state index contributed by atoms with van der Waals surface area (Å²) in [7, 11) is 0. The lowest BCUT2D eigenvalue weighted by molar-refractivity contribution is 0.129. The molecule has 0 heterocycles. The molecule has 20 heavy (non-hydrogen) atoms. The van der Waals surface area contributed by atoms with E-state index in [4.69, 9.17) is 21.4 Å². The fourth-order valence-corrected chi connectivity index (χ4v) is 1.85. The highest BCUT2D eigenvalue weighted by molar-refractivity contribution is 6.30. The molecule has 0 fully saturated rings. The largest absolute Gasteiger partial charge is 0.488 e. The monoisotopic (exact) mass is 291 g/mol. The molecular weight excluding hydrogens is 274 g/mol. The molecule has 4 heteroatoms. The molecule has 0 bridgehead atoms. The minimum atomic E-state index is -0.187. The Hall–Kier alpha value is -1.71. The molecule has 2 rings (SSSR count). The molecule has 0 aliphatic rings. The van der Waals surface area contributed by atoms with Crippen LogP contribution in [0.5, 0.6) is 5.75 Å². The Labute approximate surface area is 124 Å². The molecule has 2 aromatic carbocycles. The van der Waals surface area contributed by atoms with Crippen LogP contribution in [0.25, 0.3) is 0 Å². The van der Waals surface area contributed by atoms with E-state index < -0.39 is 0 Å². The second kappa shape index (κ2) is 7.17. The van der Waals surface area contributed by atoms with Crippen LogP contribution in [0.4, 0.5) is 5.69 Å². The number of aliphatic hydroxyl groups excluding tert-OH is 1. The van der Waals surface area contributed by atoms with Gasteiger partial charge in [0.05, 0.1) is 6.61 Å². The third-order valence-corrected chi connectivity index (χ3v) is 3.11. The number of anilines is 1. The highest BCUT2D eigenvalue weighted by Gasteiger charge is 2.02. The van der Waals surface area contributed by atoms with Crippen LogP contribution in [0.3, 0.4) is 0 Å². The van der Waals surface area contributed by atoms with Crippen LogP contribution in [0.1, 0.15) is 12.5 Å². The summed E-state index contributed by atoms with van der Waals surface area (Å²) < 4.78 is 5.51. The highest BCUT2D eigenvalue weighted by atomic mass is 35.5. The predicted molar refractivity (Wildman–Crippen MR) is 82.4 cm³/mol. The first-order valence-corrected chi connectivity index (χ1v) is 6.91. The number of ether oxygens (including phenoxy) is 1. The molecule has 0 aliphatic carbocycles. The van der Waals surface area contributed by atoms with Gasteiger partial charge in [0.15, 0.2) is 0 Å². The third-order valence-electron chi connectivity index (χ3n) is 2.86. The SMILES string of the molecule is CC(CO)Oc1ccc(CNc2ccc(Cl)cc2)cc1. The maximum atomic E-state index is 8.94. The Morgan fingerprint density at radius 2 is 1.75 bits per heavy atom. The van der Waals surface area contributed by atoms with Crippen molar-refractivity contribution in [3.63, 3.8) is 0 Å². The molecule has 0 saturated carbocycles. The number of rotatable bonds is 6. The van der Waals surface area contributed by atoms with Gasteiger partial charge < -0.3 is 15.2 Å². The van der Waals surface area contributed by atoms with E-state index >= 15 is 0 Å². The quantitative estimate of drug-likeness (QED) is 0.852. The van der Waals surface area contributed by atoms with E-state index in [0.29, 0.717) is 0 Å². The average molecular weight is 292 g/mol. The summed E-state index contributed by atoms with van der Waals surface area (Å²) in [6, 6.07) is 15.4. The van der Waals surface area contributed by atoms with Crippen LogP contribution in [0.2, 0.25) is 5.02 Å². The number of nitrogens with one attached hydrogen (secondary N) is 1. The molecule has 3 nitrogen and oxygen atoms in total. The van der Waals surface area contributed by atoms with Crippen LogP contribution >= 0.6 is 11.6 Å².